The Morgan fingerprint density at radius 2 is 1.94 bits per heavy atom. The van der Waals surface area contributed by atoms with Gasteiger partial charge in [0.2, 0.25) is 5.88 Å². The Labute approximate surface area is 188 Å². The lowest BCUT2D eigenvalue weighted by Crippen LogP contribution is -2.54. The first-order valence-electron chi connectivity index (χ1n) is 11.5. The summed E-state index contributed by atoms with van der Waals surface area (Å²) >= 11 is 0. The van der Waals surface area contributed by atoms with Crippen molar-refractivity contribution in [3.8, 4) is 5.88 Å². The minimum Gasteiger partial charge on any atom is -0.476 e. The van der Waals surface area contributed by atoms with Crippen LogP contribution in [0.2, 0.25) is 0 Å². The van der Waals surface area contributed by atoms with E-state index in [4.69, 9.17) is 14.2 Å². The summed E-state index contributed by atoms with van der Waals surface area (Å²) in [5.41, 5.74) is -0.133. The molecule has 0 unspecified atom stereocenters. The second-order valence-corrected chi connectivity index (χ2v) is 8.33. The lowest BCUT2D eigenvalue weighted by molar-refractivity contribution is -0.151. The zero-order chi connectivity index (χ0) is 23.1. The van der Waals surface area contributed by atoms with Gasteiger partial charge in [0.05, 0.1) is 25.9 Å². The van der Waals surface area contributed by atoms with Gasteiger partial charge in [-0.2, -0.15) is 0 Å². The highest BCUT2D eigenvalue weighted by molar-refractivity contribution is 5.97. The van der Waals surface area contributed by atoms with E-state index >= 15 is 0 Å². The van der Waals surface area contributed by atoms with Crippen LogP contribution in [0.5, 0.6) is 5.88 Å². The quantitative estimate of drug-likeness (QED) is 0.461. The SMILES string of the molecule is CCOC(=O)C(CC)(CC)NC(=O)c1ccc(N2CC(OCCF)C2)c(OCC2CC2)n1. The molecular weight excluding hydrogens is 417 g/mol. The Balaban J connectivity index is 1.75. The molecule has 2 fully saturated rings. The normalized spacial score (nSPS) is 16.4. The molecule has 3 rings (SSSR count). The zero-order valence-electron chi connectivity index (χ0n) is 19.2. The fourth-order valence-electron chi connectivity index (χ4n) is 3.66. The van der Waals surface area contributed by atoms with Gasteiger partial charge in [0.15, 0.2) is 0 Å². The molecule has 32 heavy (non-hydrogen) atoms. The van der Waals surface area contributed by atoms with E-state index in [9.17, 15) is 14.0 Å². The summed E-state index contributed by atoms with van der Waals surface area (Å²) in [7, 11) is 0. The molecule has 0 aromatic carbocycles. The molecule has 1 aromatic rings. The highest BCUT2D eigenvalue weighted by atomic mass is 19.1. The molecule has 0 atom stereocenters. The number of carbonyl (C=O) groups excluding carboxylic acids is 2. The largest absolute Gasteiger partial charge is 0.476 e. The van der Waals surface area contributed by atoms with Crippen LogP contribution in [0.4, 0.5) is 10.1 Å². The third-order valence-corrected chi connectivity index (χ3v) is 6.07. The number of amides is 1. The first-order chi connectivity index (χ1) is 15.5. The number of nitrogens with zero attached hydrogens (tertiary/aromatic N) is 2. The Morgan fingerprint density at radius 1 is 1.22 bits per heavy atom. The summed E-state index contributed by atoms with van der Waals surface area (Å²) in [6.07, 6.45) is 3.06. The van der Waals surface area contributed by atoms with Crippen LogP contribution >= 0.6 is 0 Å². The second-order valence-electron chi connectivity index (χ2n) is 8.33. The summed E-state index contributed by atoms with van der Waals surface area (Å²) in [5.74, 6) is 0.0245. The number of pyridine rings is 1. The molecule has 1 N–H and O–H groups in total. The monoisotopic (exact) mass is 451 g/mol. The van der Waals surface area contributed by atoms with Crippen LogP contribution in [0.25, 0.3) is 0 Å². The van der Waals surface area contributed by atoms with E-state index in [2.05, 4.69) is 10.3 Å². The van der Waals surface area contributed by atoms with Crippen molar-refractivity contribution in [3.05, 3.63) is 17.8 Å². The smallest absolute Gasteiger partial charge is 0.331 e. The van der Waals surface area contributed by atoms with Crippen molar-refractivity contribution in [3.63, 3.8) is 0 Å². The molecule has 1 aliphatic heterocycles. The van der Waals surface area contributed by atoms with Gasteiger partial charge in [-0.1, -0.05) is 13.8 Å². The molecule has 178 valence electrons. The predicted molar refractivity (Wildman–Crippen MR) is 118 cm³/mol. The molecule has 0 bridgehead atoms. The lowest BCUT2D eigenvalue weighted by atomic mass is 9.92. The highest BCUT2D eigenvalue weighted by Gasteiger charge is 2.39. The van der Waals surface area contributed by atoms with Crippen LogP contribution in [-0.4, -0.2) is 68.1 Å². The lowest BCUT2D eigenvalue weighted by Gasteiger charge is -2.40. The van der Waals surface area contributed by atoms with Crippen molar-refractivity contribution < 1.29 is 28.2 Å². The van der Waals surface area contributed by atoms with Gasteiger partial charge < -0.3 is 24.4 Å². The highest BCUT2D eigenvalue weighted by Crippen LogP contribution is 2.34. The number of rotatable bonds is 13. The maximum absolute atomic E-state index is 13.0. The van der Waals surface area contributed by atoms with E-state index in [1.807, 2.05) is 18.7 Å². The Bertz CT molecular complexity index is 792. The number of halogens is 1. The van der Waals surface area contributed by atoms with Crippen LogP contribution in [0.1, 0.15) is 56.9 Å². The van der Waals surface area contributed by atoms with Gasteiger partial charge in [0, 0.05) is 13.1 Å². The van der Waals surface area contributed by atoms with Gasteiger partial charge in [-0.05, 0) is 50.7 Å². The number of nitrogens with one attached hydrogen (secondary N) is 1. The number of ether oxygens (including phenoxy) is 3. The number of alkyl halides is 1. The molecular formula is C23H34FN3O5. The van der Waals surface area contributed by atoms with E-state index in [0.29, 0.717) is 44.3 Å². The van der Waals surface area contributed by atoms with Crippen molar-refractivity contribution >= 4 is 17.6 Å². The van der Waals surface area contributed by atoms with Crippen LogP contribution < -0.4 is 15.0 Å². The minimum absolute atomic E-state index is 0.0238. The van der Waals surface area contributed by atoms with Crippen molar-refractivity contribution in [1.29, 1.82) is 0 Å². The van der Waals surface area contributed by atoms with E-state index in [1.54, 1.807) is 19.1 Å². The van der Waals surface area contributed by atoms with Gasteiger partial charge in [-0.15, -0.1) is 0 Å². The van der Waals surface area contributed by atoms with Gasteiger partial charge in [-0.25, -0.2) is 14.2 Å². The van der Waals surface area contributed by atoms with Crippen LogP contribution in [0.3, 0.4) is 0 Å². The number of aromatic nitrogens is 1. The Hall–Kier alpha value is -2.42. The van der Waals surface area contributed by atoms with Gasteiger partial charge in [0.1, 0.15) is 23.6 Å². The molecule has 1 aliphatic carbocycles. The van der Waals surface area contributed by atoms with Crippen molar-refractivity contribution in [2.45, 2.75) is 58.1 Å². The van der Waals surface area contributed by atoms with E-state index in [1.165, 1.54) is 0 Å². The summed E-state index contributed by atoms with van der Waals surface area (Å²) in [5, 5.41) is 2.84. The zero-order valence-corrected chi connectivity index (χ0v) is 19.2. The van der Waals surface area contributed by atoms with Crippen molar-refractivity contribution in [1.82, 2.24) is 10.3 Å². The van der Waals surface area contributed by atoms with Crippen molar-refractivity contribution in [2.24, 2.45) is 5.92 Å². The molecule has 2 heterocycles. The molecule has 8 nitrogen and oxygen atoms in total. The van der Waals surface area contributed by atoms with Crippen LogP contribution in [-0.2, 0) is 14.3 Å². The molecule has 1 amide bonds. The predicted octanol–water partition coefficient (Wildman–Crippen LogP) is 2.90. The maximum atomic E-state index is 13.0. The van der Waals surface area contributed by atoms with Gasteiger partial charge >= 0.3 is 5.97 Å². The number of hydrogen-bond donors (Lipinski definition) is 1. The number of hydrogen-bond acceptors (Lipinski definition) is 7. The molecule has 9 heteroatoms. The Morgan fingerprint density at radius 3 is 2.53 bits per heavy atom. The molecule has 1 saturated heterocycles. The minimum atomic E-state index is -1.10. The van der Waals surface area contributed by atoms with E-state index in [-0.39, 0.29) is 25.0 Å². The maximum Gasteiger partial charge on any atom is 0.331 e. The van der Waals surface area contributed by atoms with E-state index < -0.39 is 24.1 Å². The summed E-state index contributed by atoms with van der Waals surface area (Å²) in [4.78, 5) is 32.1. The third-order valence-electron chi connectivity index (χ3n) is 6.07. The summed E-state index contributed by atoms with van der Waals surface area (Å²) in [6.45, 7) is 7.04. The van der Waals surface area contributed by atoms with Gasteiger partial charge in [0.25, 0.3) is 5.91 Å². The third kappa shape index (κ3) is 5.68. The molecule has 1 aromatic heterocycles. The summed E-state index contributed by atoms with van der Waals surface area (Å²) < 4.78 is 28.9. The fraction of sp³-hybridized carbons (Fsp3) is 0.696. The topological polar surface area (TPSA) is 90.0 Å². The Kier molecular flexibility index (Phi) is 8.28. The second kappa shape index (κ2) is 10.9. The molecule has 0 spiro atoms. The number of anilines is 1. The first-order valence-corrected chi connectivity index (χ1v) is 11.5. The van der Waals surface area contributed by atoms with Gasteiger partial charge in [-0.3, -0.25) is 4.79 Å². The summed E-state index contributed by atoms with van der Waals surface area (Å²) in [6, 6.07) is 3.44. The first kappa shape index (κ1) is 24.2. The molecule has 2 aliphatic rings. The number of esters is 1. The molecule has 0 radical (unpaired) electrons. The average molecular weight is 452 g/mol. The standard InChI is InChI=1S/C23H34FN3O5/c1-4-23(5-2,22(29)30-6-3)26-20(28)18-9-10-19(21(25-18)32-15-16-7-8-16)27-13-17(14-27)31-12-11-24/h9-10,16-17H,4-8,11-15H2,1-3H3,(H,26,28). The van der Waals surface area contributed by atoms with Crippen LogP contribution in [0.15, 0.2) is 12.1 Å². The van der Waals surface area contributed by atoms with E-state index in [0.717, 1.165) is 18.5 Å². The van der Waals surface area contributed by atoms with Crippen LogP contribution in [0, 0.1) is 5.92 Å². The fourth-order valence-corrected chi connectivity index (χ4v) is 3.66. The molecule has 1 saturated carbocycles. The van der Waals surface area contributed by atoms with Crippen molar-refractivity contribution in [2.75, 3.05) is 44.5 Å². The average Bonchev–Trinajstić information content (AvgIpc) is 3.60. The number of carbonyl (C=O) groups is 2.